The third-order valence-corrected chi connectivity index (χ3v) is 4.47. The number of nitrogens with one attached hydrogen (secondary N) is 1. The normalized spacial score (nSPS) is 10.9. The first kappa shape index (κ1) is 18.2. The highest BCUT2D eigenvalue weighted by Crippen LogP contribution is 2.29. The molecule has 0 aliphatic carbocycles. The Balaban J connectivity index is 1.66. The van der Waals surface area contributed by atoms with E-state index in [4.69, 9.17) is 20.5 Å². The van der Waals surface area contributed by atoms with E-state index in [-0.39, 0.29) is 12.3 Å². The summed E-state index contributed by atoms with van der Waals surface area (Å²) in [5.41, 5.74) is 2.84. The smallest absolute Gasteiger partial charge is 0.238 e. The first-order valence-corrected chi connectivity index (χ1v) is 8.96. The molecule has 0 aliphatic rings. The first-order valence-electron chi connectivity index (χ1n) is 8.58. The quantitative estimate of drug-likeness (QED) is 0.650. The van der Waals surface area contributed by atoms with E-state index in [1.807, 2.05) is 26.0 Å². The minimum Gasteiger partial charge on any atom is -0.461 e. The van der Waals surface area contributed by atoms with Gasteiger partial charge in [-0.05, 0) is 42.2 Å². The number of carbonyl (C=O) groups excluding carboxylic acids is 1. The van der Waals surface area contributed by atoms with E-state index in [9.17, 15) is 4.79 Å². The summed E-state index contributed by atoms with van der Waals surface area (Å²) in [6, 6.07) is 7.33. The average molecular weight is 374 g/mol. The summed E-state index contributed by atoms with van der Waals surface area (Å²) in [6.07, 6.45) is 3.69. The molecular formula is C19H20ClN3O3. The number of carbonyl (C=O) groups is 1. The topological polar surface area (TPSA) is 81.2 Å². The van der Waals surface area contributed by atoms with Crippen LogP contribution in [0.5, 0.6) is 0 Å². The minimum atomic E-state index is -0.116. The Hall–Kier alpha value is -2.60. The zero-order chi connectivity index (χ0) is 18.5. The van der Waals surface area contributed by atoms with Crippen LogP contribution in [0.25, 0.3) is 11.6 Å². The minimum absolute atomic E-state index is 0.116. The number of aromatic nitrogens is 2. The molecule has 3 aromatic rings. The zero-order valence-corrected chi connectivity index (χ0v) is 15.5. The van der Waals surface area contributed by atoms with Crippen LogP contribution in [0.15, 0.2) is 39.5 Å². The average Bonchev–Trinajstić information content (AvgIpc) is 3.32. The Labute approximate surface area is 156 Å². The predicted molar refractivity (Wildman–Crippen MR) is 99.2 cm³/mol. The molecule has 1 N–H and O–H groups in total. The van der Waals surface area contributed by atoms with Crippen LogP contribution >= 0.6 is 11.6 Å². The van der Waals surface area contributed by atoms with Crippen molar-refractivity contribution in [3.05, 3.63) is 52.6 Å². The summed E-state index contributed by atoms with van der Waals surface area (Å²) in [5, 5.41) is 7.52. The van der Waals surface area contributed by atoms with Gasteiger partial charge < -0.3 is 14.3 Å². The fraction of sp³-hybridized carbons (Fsp3) is 0.316. The third-order valence-electron chi connectivity index (χ3n) is 4.12. The maximum absolute atomic E-state index is 12.4. The number of hydrogen-bond donors (Lipinski definition) is 1. The van der Waals surface area contributed by atoms with Crippen molar-refractivity contribution in [3.8, 4) is 11.6 Å². The molecule has 0 bridgehead atoms. The molecule has 0 saturated heterocycles. The lowest BCUT2D eigenvalue weighted by Crippen LogP contribution is -2.15. The van der Waals surface area contributed by atoms with Crippen molar-refractivity contribution in [3.63, 3.8) is 0 Å². The van der Waals surface area contributed by atoms with E-state index in [1.165, 1.54) is 0 Å². The summed E-state index contributed by atoms with van der Waals surface area (Å²) in [7, 11) is 0. The maximum Gasteiger partial charge on any atom is 0.238 e. The second-order valence-corrected chi connectivity index (χ2v) is 6.21. The van der Waals surface area contributed by atoms with Gasteiger partial charge in [-0.3, -0.25) is 4.79 Å². The van der Waals surface area contributed by atoms with Gasteiger partial charge in [0, 0.05) is 23.6 Å². The summed E-state index contributed by atoms with van der Waals surface area (Å²) in [6.45, 7) is 4.07. The lowest BCUT2D eigenvalue weighted by molar-refractivity contribution is -0.116. The van der Waals surface area contributed by atoms with Crippen molar-refractivity contribution in [2.24, 2.45) is 0 Å². The second kappa shape index (κ2) is 8.19. The SMILES string of the molecule is CCc1ccc(Cl)c(CC)c1NC(=O)CCc1nc(-c2ccco2)no1. The number of benzene rings is 1. The number of halogens is 1. The molecule has 0 radical (unpaired) electrons. The lowest BCUT2D eigenvalue weighted by Gasteiger charge is -2.15. The number of aryl methyl sites for hydroxylation is 2. The summed E-state index contributed by atoms with van der Waals surface area (Å²) < 4.78 is 10.4. The molecule has 0 aliphatic heterocycles. The van der Waals surface area contributed by atoms with Crippen molar-refractivity contribution < 1.29 is 13.7 Å². The van der Waals surface area contributed by atoms with Gasteiger partial charge in [0.15, 0.2) is 5.76 Å². The third kappa shape index (κ3) is 3.96. The molecule has 1 aromatic carbocycles. The Bertz CT molecular complexity index is 888. The predicted octanol–water partition coefficient (Wildman–Crippen LogP) is 4.68. The highest BCUT2D eigenvalue weighted by atomic mass is 35.5. The van der Waals surface area contributed by atoms with Gasteiger partial charge in [0.1, 0.15) is 0 Å². The summed E-state index contributed by atoms with van der Waals surface area (Å²) in [4.78, 5) is 16.6. The van der Waals surface area contributed by atoms with E-state index >= 15 is 0 Å². The van der Waals surface area contributed by atoms with E-state index < -0.39 is 0 Å². The molecule has 2 aromatic heterocycles. The van der Waals surface area contributed by atoms with Crippen LogP contribution in [0, 0.1) is 0 Å². The van der Waals surface area contributed by atoms with E-state index in [0.29, 0.717) is 28.9 Å². The second-order valence-electron chi connectivity index (χ2n) is 5.80. The van der Waals surface area contributed by atoms with Crippen LogP contribution in [-0.2, 0) is 24.1 Å². The standard InChI is InChI=1S/C19H20ClN3O3/c1-3-12-7-8-14(20)13(4-2)18(12)21-16(24)9-10-17-22-19(23-26-17)15-6-5-11-25-15/h5-8,11H,3-4,9-10H2,1-2H3,(H,21,24). The Morgan fingerprint density at radius 2 is 2.08 bits per heavy atom. The molecule has 0 fully saturated rings. The molecule has 136 valence electrons. The van der Waals surface area contributed by atoms with Gasteiger partial charge in [0.25, 0.3) is 0 Å². The van der Waals surface area contributed by atoms with Gasteiger partial charge in [0.05, 0.1) is 6.26 Å². The molecule has 0 spiro atoms. The van der Waals surface area contributed by atoms with E-state index in [2.05, 4.69) is 15.5 Å². The van der Waals surface area contributed by atoms with Crippen LogP contribution in [0.3, 0.4) is 0 Å². The largest absolute Gasteiger partial charge is 0.461 e. The van der Waals surface area contributed by atoms with Crippen LogP contribution in [0.1, 0.15) is 37.3 Å². The molecule has 2 heterocycles. The Kier molecular flexibility index (Phi) is 5.73. The monoisotopic (exact) mass is 373 g/mol. The number of nitrogens with zero attached hydrogens (tertiary/aromatic N) is 2. The molecule has 0 unspecified atom stereocenters. The lowest BCUT2D eigenvalue weighted by atomic mass is 10.0. The fourth-order valence-corrected chi connectivity index (χ4v) is 3.04. The van der Waals surface area contributed by atoms with Crippen molar-refractivity contribution >= 4 is 23.2 Å². The van der Waals surface area contributed by atoms with Gasteiger partial charge in [-0.1, -0.05) is 36.7 Å². The Morgan fingerprint density at radius 1 is 1.23 bits per heavy atom. The molecule has 1 amide bonds. The summed E-state index contributed by atoms with van der Waals surface area (Å²) in [5.74, 6) is 1.18. The van der Waals surface area contributed by atoms with Gasteiger partial charge in [-0.15, -0.1) is 0 Å². The molecule has 0 saturated carbocycles. The van der Waals surface area contributed by atoms with Gasteiger partial charge in [0.2, 0.25) is 17.6 Å². The molecule has 3 rings (SSSR count). The van der Waals surface area contributed by atoms with Crippen LogP contribution < -0.4 is 5.32 Å². The highest BCUT2D eigenvalue weighted by molar-refractivity contribution is 6.32. The van der Waals surface area contributed by atoms with Gasteiger partial charge in [-0.25, -0.2) is 0 Å². The molecular weight excluding hydrogens is 354 g/mol. The number of amides is 1. The van der Waals surface area contributed by atoms with Gasteiger partial charge in [-0.2, -0.15) is 4.98 Å². The molecule has 26 heavy (non-hydrogen) atoms. The number of anilines is 1. The van der Waals surface area contributed by atoms with Crippen LogP contribution in [-0.4, -0.2) is 16.0 Å². The zero-order valence-electron chi connectivity index (χ0n) is 14.7. The maximum atomic E-state index is 12.4. The van der Waals surface area contributed by atoms with Crippen LogP contribution in [0.4, 0.5) is 5.69 Å². The first-order chi connectivity index (χ1) is 12.6. The fourth-order valence-electron chi connectivity index (χ4n) is 2.75. The van der Waals surface area contributed by atoms with Crippen molar-refractivity contribution in [2.45, 2.75) is 39.5 Å². The van der Waals surface area contributed by atoms with Crippen LogP contribution in [0.2, 0.25) is 5.02 Å². The van der Waals surface area contributed by atoms with Crippen molar-refractivity contribution in [2.75, 3.05) is 5.32 Å². The highest BCUT2D eigenvalue weighted by Gasteiger charge is 2.15. The van der Waals surface area contributed by atoms with Gasteiger partial charge >= 0.3 is 0 Å². The number of rotatable bonds is 7. The Morgan fingerprint density at radius 3 is 2.77 bits per heavy atom. The van der Waals surface area contributed by atoms with Crippen molar-refractivity contribution in [1.29, 1.82) is 0 Å². The number of hydrogen-bond acceptors (Lipinski definition) is 5. The molecule has 0 atom stereocenters. The number of furan rings is 1. The van der Waals surface area contributed by atoms with E-state index in [1.54, 1.807) is 18.4 Å². The van der Waals surface area contributed by atoms with E-state index in [0.717, 1.165) is 29.7 Å². The summed E-state index contributed by atoms with van der Waals surface area (Å²) >= 11 is 6.27. The molecule has 6 nitrogen and oxygen atoms in total. The van der Waals surface area contributed by atoms with Crippen molar-refractivity contribution in [1.82, 2.24) is 10.1 Å². The molecule has 7 heteroatoms.